The zero-order valence-corrected chi connectivity index (χ0v) is 10.9. The highest BCUT2D eigenvalue weighted by atomic mass is 35.5. The molecule has 1 aromatic rings. The van der Waals surface area contributed by atoms with E-state index in [2.05, 4.69) is 23.5 Å². The first-order chi connectivity index (χ1) is 7.92. The Balaban J connectivity index is 0.00000108. The zero-order valence-electron chi connectivity index (χ0n) is 10.1. The Hall–Kier alpha value is -0.730. The molecule has 1 aliphatic carbocycles. The first-order valence-electron chi connectivity index (χ1n) is 6.37. The van der Waals surface area contributed by atoms with Crippen LogP contribution in [0.2, 0.25) is 0 Å². The highest BCUT2D eigenvalue weighted by Crippen LogP contribution is 2.28. The quantitative estimate of drug-likeness (QED) is 0.894. The van der Waals surface area contributed by atoms with E-state index in [1.165, 1.54) is 30.4 Å². The summed E-state index contributed by atoms with van der Waals surface area (Å²) in [5, 5.41) is 3.39. The van der Waals surface area contributed by atoms with Crippen molar-refractivity contribution in [3.63, 3.8) is 0 Å². The van der Waals surface area contributed by atoms with E-state index in [0.29, 0.717) is 0 Å². The minimum atomic E-state index is 0. The minimum absolute atomic E-state index is 0. The van der Waals surface area contributed by atoms with E-state index in [9.17, 15) is 0 Å². The Morgan fingerprint density at radius 2 is 2.12 bits per heavy atom. The van der Waals surface area contributed by atoms with Gasteiger partial charge in [0.25, 0.3) is 0 Å². The minimum Gasteiger partial charge on any atom is -0.493 e. The molecule has 1 fully saturated rings. The maximum Gasteiger partial charge on any atom is 0.119 e. The Morgan fingerprint density at radius 1 is 1.24 bits per heavy atom. The molecule has 0 bridgehead atoms. The topological polar surface area (TPSA) is 21.3 Å². The van der Waals surface area contributed by atoms with Crippen molar-refractivity contribution in [3.05, 3.63) is 29.3 Å². The Morgan fingerprint density at radius 3 is 2.88 bits per heavy atom. The molecule has 17 heavy (non-hydrogen) atoms. The Labute approximate surface area is 109 Å². The fourth-order valence-corrected chi connectivity index (χ4v) is 2.42. The molecule has 1 saturated carbocycles. The highest BCUT2D eigenvalue weighted by molar-refractivity contribution is 5.85. The fourth-order valence-electron chi connectivity index (χ4n) is 2.42. The average Bonchev–Trinajstić information content (AvgIpc) is 2.27. The molecule has 2 nitrogen and oxygen atoms in total. The van der Waals surface area contributed by atoms with Gasteiger partial charge in [0.2, 0.25) is 0 Å². The monoisotopic (exact) mass is 253 g/mol. The number of benzene rings is 1. The van der Waals surface area contributed by atoms with E-state index in [-0.39, 0.29) is 12.4 Å². The molecule has 0 atom stereocenters. The van der Waals surface area contributed by atoms with Crippen LogP contribution in [0, 0.1) is 5.92 Å². The van der Waals surface area contributed by atoms with Gasteiger partial charge in [-0.05, 0) is 55.0 Å². The molecule has 2 aliphatic rings. The molecule has 0 radical (unpaired) electrons. The Bertz CT molecular complexity index is 376. The van der Waals surface area contributed by atoms with Crippen molar-refractivity contribution in [2.45, 2.75) is 32.2 Å². The summed E-state index contributed by atoms with van der Waals surface area (Å²) < 4.78 is 5.86. The maximum atomic E-state index is 5.86. The summed E-state index contributed by atoms with van der Waals surface area (Å²) >= 11 is 0. The lowest BCUT2D eigenvalue weighted by Crippen LogP contribution is -2.23. The molecule has 0 saturated heterocycles. The van der Waals surface area contributed by atoms with Crippen LogP contribution in [0.3, 0.4) is 0 Å². The van der Waals surface area contributed by atoms with E-state index < -0.39 is 0 Å². The van der Waals surface area contributed by atoms with Gasteiger partial charge < -0.3 is 10.1 Å². The van der Waals surface area contributed by atoms with Crippen LogP contribution in [0.15, 0.2) is 18.2 Å². The molecular weight excluding hydrogens is 234 g/mol. The van der Waals surface area contributed by atoms with Crippen LogP contribution in [0.4, 0.5) is 0 Å². The van der Waals surface area contributed by atoms with Crippen LogP contribution >= 0.6 is 12.4 Å². The van der Waals surface area contributed by atoms with Crippen LogP contribution in [0.5, 0.6) is 5.75 Å². The predicted molar refractivity (Wildman–Crippen MR) is 71.9 cm³/mol. The van der Waals surface area contributed by atoms with E-state index in [0.717, 1.165) is 37.8 Å². The lowest BCUT2D eigenvalue weighted by atomic mass is 9.86. The lowest BCUT2D eigenvalue weighted by molar-refractivity contribution is 0.180. The van der Waals surface area contributed by atoms with Crippen molar-refractivity contribution < 1.29 is 4.74 Å². The van der Waals surface area contributed by atoms with E-state index in [4.69, 9.17) is 4.74 Å². The third kappa shape index (κ3) is 2.93. The van der Waals surface area contributed by atoms with Crippen molar-refractivity contribution in [3.8, 4) is 5.75 Å². The van der Waals surface area contributed by atoms with Crippen LogP contribution in [-0.2, 0) is 13.0 Å². The molecule has 3 heteroatoms. The summed E-state index contributed by atoms with van der Waals surface area (Å²) in [5.41, 5.74) is 2.90. The van der Waals surface area contributed by atoms with Crippen LogP contribution < -0.4 is 10.1 Å². The van der Waals surface area contributed by atoms with Crippen LogP contribution in [-0.4, -0.2) is 13.2 Å². The third-order valence-electron chi connectivity index (χ3n) is 3.77. The lowest BCUT2D eigenvalue weighted by Gasteiger charge is -2.25. The van der Waals surface area contributed by atoms with Crippen LogP contribution in [0.1, 0.15) is 30.4 Å². The van der Waals surface area contributed by atoms with Crippen molar-refractivity contribution in [2.75, 3.05) is 13.2 Å². The summed E-state index contributed by atoms with van der Waals surface area (Å²) in [5.74, 6) is 1.88. The largest absolute Gasteiger partial charge is 0.493 e. The van der Waals surface area contributed by atoms with Gasteiger partial charge in [-0.25, -0.2) is 0 Å². The second kappa shape index (κ2) is 5.74. The summed E-state index contributed by atoms with van der Waals surface area (Å²) in [6.45, 7) is 3.02. The van der Waals surface area contributed by atoms with Gasteiger partial charge in [-0.2, -0.15) is 0 Å². The summed E-state index contributed by atoms with van der Waals surface area (Å²) in [6.07, 6.45) is 5.24. The van der Waals surface area contributed by atoms with Gasteiger partial charge in [0, 0.05) is 6.54 Å². The SMILES string of the molecule is Cl.c1cc2c(cc1OCC1CCC1)CCNC2. The molecular formula is C14H20ClNO. The average molecular weight is 254 g/mol. The van der Waals surface area contributed by atoms with Gasteiger partial charge in [0.05, 0.1) is 6.61 Å². The summed E-state index contributed by atoms with van der Waals surface area (Å²) in [4.78, 5) is 0. The van der Waals surface area contributed by atoms with Gasteiger partial charge >= 0.3 is 0 Å². The van der Waals surface area contributed by atoms with Crippen molar-refractivity contribution in [2.24, 2.45) is 5.92 Å². The highest BCUT2D eigenvalue weighted by Gasteiger charge is 2.18. The first kappa shape index (κ1) is 12.7. The fraction of sp³-hybridized carbons (Fsp3) is 0.571. The van der Waals surface area contributed by atoms with E-state index in [1.807, 2.05) is 0 Å². The molecule has 0 aromatic heterocycles. The molecule has 0 amide bonds. The number of ether oxygens (including phenoxy) is 1. The number of fused-ring (bicyclic) bond motifs is 1. The molecule has 1 N–H and O–H groups in total. The number of hydrogen-bond donors (Lipinski definition) is 1. The zero-order chi connectivity index (χ0) is 10.8. The molecule has 0 spiro atoms. The number of halogens is 1. The Kier molecular flexibility index (Phi) is 4.30. The van der Waals surface area contributed by atoms with Gasteiger partial charge in [-0.15, -0.1) is 12.4 Å². The van der Waals surface area contributed by atoms with Gasteiger partial charge in [0.1, 0.15) is 5.75 Å². The second-order valence-electron chi connectivity index (χ2n) is 4.97. The van der Waals surface area contributed by atoms with Gasteiger partial charge in [0.15, 0.2) is 0 Å². The third-order valence-corrected chi connectivity index (χ3v) is 3.77. The van der Waals surface area contributed by atoms with Crippen molar-refractivity contribution >= 4 is 12.4 Å². The number of hydrogen-bond acceptors (Lipinski definition) is 2. The predicted octanol–water partition coefficient (Wildman–Crippen LogP) is 2.93. The standard InChI is InChI=1S/C14H19NO.ClH/c1-2-11(3-1)10-16-14-5-4-13-9-15-7-6-12(13)8-14;/h4-5,8,11,15H,1-3,6-7,9-10H2;1H. The first-order valence-corrected chi connectivity index (χ1v) is 6.37. The molecule has 3 rings (SSSR count). The molecule has 94 valence electrons. The summed E-state index contributed by atoms with van der Waals surface area (Å²) in [7, 11) is 0. The molecule has 1 aromatic carbocycles. The maximum absolute atomic E-state index is 5.86. The van der Waals surface area contributed by atoms with Crippen molar-refractivity contribution in [1.82, 2.24) is 5.32 Å². The van der Waals surface area contributed by atoms with Crippen molar-refractivity contribution in [1.29, 1.82) is 0 Å². The smallest absolute Gasteiger partial charge is 0.119 e. The number of nitrogens with one attached hydrogen (secondary N) is 1. The van der Waals surface area contributed by atoms with E-state index >= 15 is 0 Å². The second-order valence-corrected chi connectivity index (χ2v) is 4.97. The normalized spacial score (nSPS) is 18.8. The summed E-state index contributed by atoms with van der Waals surface area (Å²) in [6, 6.07) is 6.55. The molecule has 0 unspecified atom stereocenters. The van der Waals surface area contributed by atoms with Crippen LogP contribution in [0.25, 0.3) is 0 Å². The molecule has 1 aliphatic heterocycles. The van der Waals surface area contributed by atoms with E-state index in [1.54, 1.807) is 0 Å². The molecule has 1 heterocycles. The number of rotatable bonds is 3. The van der Waals surface area contributed by atoms with Gasteiger partial charge in [-0.3, -0.25) is 0 Å². The van der Waals surface area contributed by atoms with Gasteiger partial charge in [-0.1, -0.05) is 12.5 Å².